The molecule has 1 aromatic carbocycles. The molecule has 88 valence electrons. The summed E-state index contributed by atoms with van der Waals surface area (Å²) in [5.74, 6) is -3.42. The molecular weight excluding hydrogens is 220 g/mol. The second-order valence-corrected chi connectivity index (χ2v) is 2.94. The third kappa shape index (κ3) is 2.01. The maximum Gasteiger partial charge on any atom is 0.204 e. The van der Waals surface area contributed by atoms with Gasteiger partial charge in [0.25, 0.3) is 0 Å². The van der Waals surface area contributed by atoms with Gasteiger partial charge in [-0.3, -0.25) is 10.7 Å². The van der Waals surface area contributed by atoms with E-state index in [1.165, 1.54) is 0 Å². The fourth-order valence-electron chi connectivity index (χ4n) is 1.10. The van der Waals surface area contributed by atoms with E-state index in [1.807, 2.05) is 0 Å². The van der Waals surface area contributed by atoms with E-state index in [1.54, 1.807) is 5.48 Å². The van der Waals surface area contributed by atoms with Crippen molar-refractivity contribution in [3.63, 3.8) is 0 Å². The van der Waals surface area contributed by atoms with Gasteiger partial charge in [0.15, 0.2) is 17.3 Å². The molecule has 0 unspecified atom stereocenters. The van der Waals surface area contributed by atoms with Crippen molar-refractivity contribution < 1.29 is 30.8 Å². The lowest BCUT2D eigenvalue weighted by atomic mass is 10.1. The summed E-state index contributed by atoms with van der Waals surface area (Å²) in [6.45, 7) is 0. The Morgan fingerprint density at radius 1 is 1.12 bits per heavy atom. The Morgan fingerprint density at radius 3 is 2.25 bits per heavy atom. The second kappa shape index (κ2) is 4.45. The number of amidine groups is 1. The van der Waals surface area contributed by atoms with E-state index in [0.29, 0.717) is 0 Å². The molecule has 1 rings (SSSR count). The summed E-state index contributed by atoms with van der Waals surface area (Å²) in [4.78, 5) is 0. The van der Waals surface area contributed by atoms with Crippen LogP contribution in [0, 0.1) is 0 Å². The standard InChI is InChI=1S/C8H10N2O6/c11-4-1-3(2-5(9-15)10-16)6(12)8(14)7(4)13/h1,11-16H,2H2,(H,9,10). The van der Waals surface area contributed by atoms with Crippen LogP contribution >= 0.6 is 0 Å². The molecule has 0 fully saturated rings. The molecule has 0 saturated carbocycles. The van der Waals surface area contributed by atoms with Gasteiger partial charge >= 0.3 is 0 Å². The van der Waals surface area contributed by atoms with E-state index in [-0.39, 0.29) is 17.8 Å². The van der Waals surface area contributed by atoms with E-state index in [2.05, 4.69) is 5.16 Å². The van der Waals surface area contributed by atoms with Crippen molar-refractivity contribution in [3.8, 4) is 23.0 Å². The number of aromatic hydroxyl groups is 4. The molecule has 1 aromatic rings. The number of hydrogen-bond donors (Lipinski definition) is 7. The normalized spacial score (nSPS) is 11.4. The van der Waals surface area contributed by atoms with Crippen LogP contribution in [0.1, 0.15) is 5.56 Å². The number of hydroxylamine groups is 1. The van der Waals surface area contributed by atoms with Crippen LogP contribution < -0.4 is 5.48 Å². The van der Waals surface area contributed by atoms with Gasteiger partial charge in [-0.05, 0) is 6.07 Å². The lowest BCUT2D eigenvalue weighted by Gasteiger charge is -2.09. The molecule has 0 atom stereocenters. The average molecular weight is 230 g/mol. The fraction of sp³-hybridized carbons (Fsp3) is 0.125. The minimum Gasteiger partial charge on any atom is -0.504 e. The smallest absolute Gasteiger partial charge is 0.204 e. The minimum atomic E-state index is -0.898. The number of benzene rings is 1. The van der Waals surface area contributed by atoms with Crippen molar-refractivity contribution in [2.24, 2.45) is 5.16 Å². The number of nitrogens with zero attached hydrogens (tertiary/aromatic N) is 1. The lowest BCUT2D eigenvalue weighted by Crippen LogP contribution is -2.21. The molecule has 16 heavy (non-hydrogen) atoms. The summed E-state index contributed by atoms with van der Waals surface area (Å²) in [5, 5.41) is 56.3. The Morgan fingerprint density at radius 2 is 1.75 bits per heavy atom. The third-order valence-electron chi connectivity index (χ3n) is 1.91. The molecule has 8 heteroatoms. The summed E-state index contributed by atoms with van der Waals surface area (Å²) >= 11 is 0. The van der Waals surface area contributed by atoms with Crippen LogP contribution in [0.15, 0.2) is 11.2 Å². The Kier molecular flexibility index (Phi) is 3.26. The molecule has 0 radical (unpaired) electrons. The number of hydrogen-bond acceptors (Lipinski definition) is 7. The van der Waals surface area contributed by atoms with Gasteiger partial charge in [-0.2, -0.15) is 0 Å². The molecule has 0 amide bonds. The zero-order valence-corrected chi connectivity index (χ0v) is 7.91. The third-order valence-corrected chi connectivity index (χ3v) is 1.91. The van der Waals surface area contributed by atoms with E-state index in [0.717, 1.165) is 6.07 Å². The average Bonchev–Trinajstić information content (AvgIpc) is 2.29. The molecule has 0 saturated heterocycles. The van der Waals surface area contributed by atoms with Crippen LogP contribution in [0.5, 0.6) is 23.0 Å². The van der Waals surface area contributed by atoms with Crippen molar-refractivity contribution in [2.45, 2.75) is 6.42 Å². The number of phenols is 4. The Labute approximate surface area is 89.3 Å². The highest BCUT2D eigenvalue weighted by Crippen LogP contribution is 2.43. The zero-order valence-electron chi connectivity index (χ0n) is 7.91. The van der Waals surface area contributed by atoms with Crippen LogP contribution in [0.3, 0.4) is 0 Å². The van der Waals surface area contributed by atoms with Gasteiger partial charge in [-0.15, -0.1) is 0 Å². The summed E-state index contributed by atoms with van der Waals surface area (Å²) in [6.07, 6.45) is -0.291. The molecule has 0 aliphatic carbocycles. The minimum absolute atomic E-state index is 0.0536. The van der Waals surface area contributed by atoms with E-state index in [9.17, 15) is 10.2 Å². The maximum absolute atomic E-state index is 9.38. The number of phenolic OH excluding ortho intramolecular Hbond substituents is 4. The molecule has 0 spiro atoms. The number of rotatable bonds is 2. The van der Waals surface area contributed by atoms with E-state index >= 15 is 0 Å². The molecule has 0 aliphatic heterocycles. The number of nitrogens with one attached hydrogen (secondary N) is 1. The SMILES string of the molecule is ON=C(Cc1cc(O)c(O)c(O)c1O)NO. The molecule has 7 N–H and O–H groups in total. The van der Waals surface area contributed by atoms with Gasteiger partial charge in [0.1, 0.15) is 0 Å². The van der Waals surface area contributed by atoms with Crippen molar-refractivity contribution in [1.82, 2.24) is 5.48 Å². The van der Waals surface area contributed by atoms with Gasteiger partial charge in [-0.25, -0.2) is 0 Å². The van der Waals surface area contributed by atoms with Crippen LogP contribution in [0.25, 0.3) is 0 Å². The second-order valence-electron chi connectivity index (χ2n) is 2.94. The predicted octanol–water partition coefficient (Wildman–Crippen LogP) is -0.182. The summed E-state index contributed by atoms with van der Waals surface area (Å²) in [7, 11) is 0. The molecular formula is C8H10N2O6. The zero-order chi connectivity index (χ0) is 12.3. The largest absolute Gasteiger partial charge is 0.504 e. The van der Waals surface area contributed by atoms with Gasteiger partial charge in [0.05, 0.1) is 0 Å². The van der Waals surface area contributed by atoms with Gasteiger partial charge < -0.3 is 25.6 Å². The van der Waals surface area contributed by atoms with E-state index < -0.39 is 23.0 Å². The molecule has 0 heterocycles. The molecule has 8 nitrogen and oxygen atoms in total. The highest BCUT2D eigenvalue weighted by molar-refractivity contribution is 5.84. The summed E-state index contributed by atoms with van der Waals surface area (Å²) < 4.78 is 0. The highest BCUT2D eigenvalue weighted by atomic mass is 16.5. The Hall–Kier alpha value is -2.35. The Balaban J connectivity index is 3.16. The van der Waals surface area contributed by atoms with Gasteiger partial charge in [-0.1, -0.05) is 5.16 Å². The molecule has 0 aliphatic rings. The maximum atomic E-state index is 9.38. The van der Waals surface area contributed by atoms with Crippen LogP contribution in [-0.4, -0.2) is 36.7 Å². The summed E-state index contributed by atoms with van der Waals surface area (Å²) in [6, 6.07) is 0.951. The molecule has 0 aromatic heterocycles. The first-order chi connectivity index (χ1) is 7.51. The van der Waals surface area contributed by atoms with Crippen LogP contribution in [-0.2, 0) is 6.42 Å². The van der Waals surface area contributed by atoms with Gasteiger partial charge in [0, 0.05) is 12.0 Å². The first-order valence-electron chi connectivity index (χ1n) is 4.08. The quantitative estimate of drug-likeness (QED) is 0.0930. The lowest BCUT2D eigenvalue weighted by molar-refractivity contribution is 0.220. The van der Waals surface area contributed by atoms with Crippen molar-refractivity contribution in [2.75, 3.05) is 0 Å². The highest BCUT2D eigenvalue weighted by Gasteiger charge is 2.17. The number of oxime groups is 1. The Bertz CT molecular complexity index is 431. The first kappa shape index (κ1) is 11.7. The van der Waals surface area contributed by atoms with Crippen molar-refractivity contribution in [3.05, 3.63) is 11.6 Å². The van der Waals surface area contributed by atoms with Crippen molar-refractivity contribution in [1.29, 1.82) is 0 Å². The first-order valence-corrected chi connectivity index (χ1v) is 4.08. The van der Waals surface area contributed by atoms with Crippen LogP contribution in [0.4, 0.5) is 0 Å². The predicted molar refractivity (Wildman–Crippen MR) is 50.9 cm³/mol. The fourth-order valence-corrected chi connectivity index (χ4v) is 1.10. The van der Waals surface area contributed by atoms with Crippen LogP contribution in [0.2, 0.25) is 0 Å². The molecule has 0 bridgehead atoms. The summed E-state index contributed by atoms with van der Waals surface area (Å²) in [5.41, 5.74) is 1.49. The van der Waals surface area contributed by atoms with Crippen molar-refractivity contribution >= 4 is 5.84 Å². The monoisotopic (exact) mass is 230 g/mol. The van der Waals surface area contributed by atoms with Gasteiger partial charge in [0.2, 0.25) is 11.5 Å². The van der Waals surface area contributed by atoms with E-state index in [4.69, 9.17) is 20.6 Å². The topological polar surface area (TPSA) is 146 Å².